The second kappa shape index (κ2) is 8.38. The van der Waals surface area contributed by atoms with Crippen molar-refractivity contribution in [2.24, 2.45) is 0 Å². The third-order valence-corrected chi connectivity index (χ3v) is 5.77. The maximum Gasteiger partial charge on any atom is 0.393 e. The van der Waals surface area contributed by atoms with E-state index in [1.807, 2.05) is 11.6 Å². The number of anilines is 3. The minimum Gasteiger partial charge on any atom is -0.378 e. The molecule has 0 aromatic carbocycles. The summed E-state index contributed by atoms with van der Waals surface area (Å²) in [6.07, 6.45) is -0.438. The molecule has 0 spiro atoms. The molecule has 2 N–H and O–H groups in total. The van der Waals surface area contributed by atoms with E-state index in [0.717, 1.165) is 50.5 Å². The molecule has 30 heavy (non-hydrogen) atoms. The first kappa shape index (κ1) is 20.9. The number of piperidine rings is 1. The zero-order valence-electron chi connectivity index (χ0n) is 17.0. The van der Waals surface area contributed by atoms with Gasteiger partial charge >= 0.3 is 6.18 Å². The monoisotopic (exact) mass is 425 g/mol. The van der Waals surface area contributed by atoms with E-state index in [1.54, 1.807) is 6.20 Å². The van der Waals surface area contributed by atoms with Crippen molar-refractivity contribution < 1.29 is 17.9 Å². The van der Waals surface area contributed by atoms with Gasteiger partial charge in [0.05, 0.1) is 49.3 Å². The van der Waals surface area contributed by atoms with E-state index in [4.69, 9.17) is 4.74 Å². The largest absolute Gasteiger partial charge is 0.393 e. The van der Waals surface area contributed by atoms with Crippen LogP contribution in [0.1, 0.15) is 30.1 Å². The average Bonchev–Trinajstić information content (AvgIpc) is 3.01. The summed E-state index contributed by atoms with van der Waals surface area (Å²) in [5.41, 5.74) is 1.71. The first-order chi connectivity index (χ1) is 14.3. The van der Waals surface area contributed by atoms with Crippen LogP contribution in [0.25, 0.3) is 0 Å². The Labute approximate surface area is 172 Å². The van der Waals surface area contributed by atoms with Crippen molar-refractivity contribution in [2.45, 2.75) is 44.4 Å². The van der Waals surface area contributed by atoms with Crippen LogP contribution in [0.3, 0.4) is 0 Å². The molecule has 0 amide bonds. The molecule has 2 aliphatic heterocycles. The Morgan fingerprint density at radius 1 is 1.17 bits per heavy atom. The van der Waals surface area contributed by atoms with E-state index in [1.165, 1.54) is 13.2 Å². The van der Waals surface area contributed by atoms with Crippen LogP contribution in [-0.2, 0) is 11.2 Å². The lowest BCUT2D eigenvalue weighted by Crippen LogP contribution is -2.52. The van der Waals surface area contributed by atoms with Gasteiger partial charge < -0.3 is 15.4 Å². The highest BCUT2D eigenvalue weighted by Gasteiger charge is 2.31. The predicted molar refractivity (Wildman–Crippen MR) is 106 cm³/mol. The van der Waals surface area contributed by atoms with Gasteiger partial charge in [-0.15, -0.1) is 0 Å². The average molecular weight is 425 g/mol. The van der Waals surface area contributed by atoms with Crippen LogP contribution in [0.2, 0.25) is 0 Å². The molecule has 0 bridgehead atoms. The molecule has 2 aromatic rings. The summed E-state index contributed by atoms with van der Waals surface area (Å²) in [5, 5.41) is 10.3. The second-order valence-electron chi connectivity index (χ2n) is 7.78. The molecule has 8 nitrogen and oxygen atoms in total. The summed E-state index contributed by atoms with van der Waals surface area (Å²) in [6.45, 7) is 5.68. The van der Waals surface area contributed by atoms with E-state index < -0.39 is 12.6 Å². The molecule has 2 aromatic heterocycles. The van der Waals surface area contributed by atoms with Gasteiger partial charge in [0.1, 0.15) is 5.82 Å². The zero-order chi connectivity index (χ0) is 21.3. The minimum absolute atomic E-state index is 0.00610. The zero-order valence-corrected chi connectivity index (χ0v) is 17.0. The molecule has 2 fully saturated rings. The van der Waals surface area contributed by atoms with Crippen LogP contribution in [0.4, 0.5) is 30.6 Å². The first-order valence-electron chi connectivity index (χ1n) is 10.1. The quantitative estimate of drug-likeness (QED) is 0.737. The van der Waals surface area contributed by atoms with Crippen LogP contribution in [-0.4, -0.2) is 70.2 Å². The normalized spacial score (nSPS) is 19.0. The molecular formula is C19H26F3N7O. The number of ether oxygens (including phenoxy) is 1. The summed E-state index contributed by atoms with van der Waals surface area (Å²) < 4.78 is 45.4. The molecular weight excluding hydrogens is 399 g/mol. The Morgan fingerprint density at radius 2 is 1.90 bits per heavy atom. The lowest BCUT2D eigenvalue weighted by Gasteiger charge is -2.41. The van der Waals surface area contributed by atoms with Gasteiger partial charge in [0.25, 0.3) is 0 Å². The molecule has 164 valence electrons. The fourth-order valence-corrected chi connectivity index (χ4v) is 3.99. The van der Waals surface area contributed by atoms with Crippen molar-refractivity contribution in [1.82, 2.24) is 24.6 Å². The molecule has 2 aliphatic rings. The number of likely N-dealkylation sites (tertiary alicyclic amines) is 1. The van der Waals surface area contributed by atoms with E-state index >= 15 is 0 Å². The summed E-state index contributed by atoms with van der Waals surface area (Å²) in [4.78, 5) is 10.7. The standard InChI is InChI=1S/C19H26F3N7O/c1-12-16(26-18-24-8-13(7-19(20,21)22)17(23-2)27-18)9-25-29(12)14-3-5-28(6-4-14)15-10-30-11-15/h8-9,14-15H,3-7,10-11H2,1-2H3,(H2,23,24,26,27). The number of rotatable bonds is 6. The predicted octanol–water partition coefficient (Wildman–Crippen LogP) is 2.91. The Hall–Kier alpha value is -2.40. The molecule has 0 radical (unpaired) electrons. The second-order valence-corrected chi connectivity index (χ2v) is 7.78. The van der Waals surface area contributed by atoms with Crippen LogP contribution < -0.4 is 10.6 Å². The minimum atomic E-state index is -4.32. The van der Waals surface area contributed by atoms with Crippen LogP contribution >= 0.6 is 0 Å². The number of aromatic nitrogens is 4. The third kappa shape index (κ3) is 4.51. The van der Waals surface area contributed by atoms with Crippen LogP contribution in [0.5, 0.6) is 0 Å². The SMILES string of the molecule is CNc1nc(Nc2cnn(C3CCN(C4COC4)CC3)c2C)ncc1CC(F)(F)F. The smallest absolute Gasteiger partial charge is 0.378 e. The van der Waals surface area contributed by atoms with Crippen molar-refractivity contribution in [3.8, 4) is 0 Å². The van der Waals surface area contributed by atoms with E-state index in [-0.39, 0.29) is 17.3 Å². The van der Waals surface area contributed by atoms with E-state index in [9.17, 15) is 13.2 Å². The van der Waals surface area contributed by atoms with Crippen LogP contribution in [0.15, 0.2) is 12.4 Å². The number of halogens is 3. The molecule has 4 heterocycles. The molecule has 0 aliphatic carbocycles. The van der Waals surface area contributed by atoms with Gasteiger partial charge in [0, 0.05) is 31.9 Å². The highest BCUT2D eigenvalue weighted by molar-refractivity contribution is 5.57. The molecule has 0 atom stereocenters. The van der Waals surface area contributed by atoms with Crippen molar-refractivity contribution in [1.29, 1.82) is 0 Å². The summed E-state index contributed by atoms with van der Waals surface area (Å²) in [5.74, 6) is 0.384. The molecule has 4 rings (SSSR count). The number of alkyl halides is 3. The van der Waals surface area contributed by atoms with Crippen LogP contribution in [0, 0.1) is 6.92 Å². The third-order valence-electron chi connectivity index (χ3n) is 5.77. The van der Waals surface area contributed by atoms with Gasteiger partial charge in [-0.05, 0) is 19.8 Å². The molecule has 2 saturated heterocycles. The van der Waals surface area contributed by atoms with Gasteiger partial charge in [-0.1, -0.05) is 0 Å². The van der Waals surface area contributed by atoms with Crippen molar-refractivity contribution in [2.75, 3.05) is 44.0 Å². The Kier molecular flexibility index (Phi) is 5.83. The number of hydrogen-bond acceptors (Lipinski definition) is 7. The summed E-state index contributed by atoms with van der Waals surface area (Å²) in [6, 6.07) is 0.876. The Bertz CT molecular complexity index is 873. The summed E-state index contributed by atoms with van der Waals surface area (Å²) in [7, 11) is 1.54. The van der Waals surface area contributed by atoms with Crippen molar-refractivity contribution in [3.05, 3.63) is 23.7 Å². The number of nitrogens with zero attached hydrogens (tertiary/aromatic N) is 5. The fourth-order valence-electron chi connectivity index (χ4n) is 3.99. The van der Waals surface area contributed by atoms with Gasteiger partial charge in [-0.3, -0.25) is 9.58 Å². The lowest BCUT2D eigenvalue weighted by atomic mass is 10.0. The van der Waals surface area contributed by atoms with Gasteiger partial charge in [-0.2, -0.15) is 23.3 Å². The van der Waals surface area contributed by atoms with E-state index in [2.05, 4.69) is 30.6 Å². The van der Waals surface area contributed by atoms with Crippen molar-refractivity contribution in [3.63, 3.8) is 0 Å². The topological polar surface area (TPSA) is 80.1 Å². The van der Waals surface area contributed by atoms with Gasteiger partial charge in [-0.25, -0.2) is 4.98 Å². The number of nitrogens with one attached hydrogen (secondary N) is 2. The Balaban J connectivity index is 1.43. The molecule has 11 heteroatoms. The highest BCUT2D eigenvalue weighted by atomic mass is 19.4. The maximum absolute atomic E-state index is 12.7. The molecule has 0 saturated carbocycles. The Morgan fingerprint density at radius 3 is 2.50 bits per heavy atom. The van der Waals surface area contributed by atoms with Crippen molar-refractivity contribution >= 4 is 17.5 Å². The lowest BCUT2D eigenvalue weighted by molar-refractivity contribution is -0.127. The highest BCUT2D eigenvalue weighted by Crippen LogP contribution is 2.30. The van der Waals surface area contributed by atoms with E-state index in [0.29, 0.717) is 12.1 Å². The first-order valence-corrected chi connectivity index (χ1v) is 10.1. The molecule has 0 unspecified atom stereocenters. The number of hydrogen-bond donors (Lipinski definition) is 2. The maximum atomic E-state index is 12.7. The fraction of sp³-hybridized carbons (Fsp3) is 0.632. The summed E-state index contributed by atoms with van der Waals surface area (Å²) >= 11 is 0. The van der Waals surface area contributed by atoms with Gasteiger partial charge in [0.15, 0.2) is 0 Å². The van der Waals surface area contributed by atoms with Gasteiger partial charge in [0.2, 0.25) is 5.95 Å².